The van der Waals surface area contributed by atoms with Crippen LogP contribution in [0.15, 0.2) is 48.5 Å². The summed E-state index contributed by atoms with van der Waals surface area (Å²) in [7, 11) is 1.66. The van der Waals surface area contributed by atoms with Crippen molar-refractivity contribution >= 4 is 5.97 Å². The Bertz CT molecular complexity index is 743. The predicted molar refractivity (Wildman–Crippen MR) is 98.0 cm³/mol. The van der Waals surface area contributed by atoms with Crippen molar-refractivity contribution in [3.63, 3.8) is 0 Å². The third-order valence-corrected chi connectivity index (χ3v) is 5.05. The van der Waals surface area contributed by atoms with Crippen molar-refractivity contribution in [2.75, 3.05) is 13.7 Å². The van der Waals surface area contributed by atoms with E-state index in [9.17, 15) is 9.90 Å². The molecule has 0 bridgehead atoms. The lowest BCUT2D eigenvalue weighted by molar-refractivity contribution is -0.145. The van der Waals surface area contributed by atoms with Crippen LogP contribution in [-0.2, 0) is 4.79 Å². The second-order valence-corrected chi connectivity index (χ2v) is 6.62. The molecular formula is C21H25NO3. The molecule has 2 atom stereocenters. The topological polar surface area (TPSA) is 49.8 Å². The van der Waals surface area contributed by atoms with E-state index in [0.717, 1.165) is 36.3 Å². The third kappa shape index (κ3) is 3.69. The Hall–Kier alpha value is -2.33. The Balaban J connectivity index is 2.11. The number of aryl methyl sites for hydroxylation is 1. The summed E-state index contributed by atoms with van der Waals surface area (Å²) in [5.41, 5.74) is 3.40. The molecule has 132 valence electrons. The van der Waals surface area contributed by atoms with Gasteiger partial charge in [-0.3, -0.25) is 9.69 Å². The van der Waals surface area contributed by atoms with Crippen molar-refractivity contribution in [1.29, 1.82) is 0 Å². The number of ether oxygens (including phenoxy) is 1. The van der Waals surface area contributed by atoms with Gasteiger partial charge in [-0.25, -0.2) is 0 Å². The highest BCUT2D eigenvalue weighted by molar-refractivity contribution is 5.73. The highest BCUT2D eigenvalue weighted by Crippen LogP contribution is 2.36. The van der Waals surface area contributed by atoms with Crippen LogP contribution in [0.3, 0.4) is 0 Å². The van der Waals surface area contributed by atoms with E-state index in [1.807, 2.05) is 30.3 Å². The number of carboxylic acids is 1. The zero-order valence-electron chi connectivity index (χ0n) is 14.8. The average Bonchev–Trinajstić information content (AvgIpc) is 2.64. The van der Waals surface area contributed by atoms with Crippen molar-refractivity contribution in [2.24, 2.45) is 0 Å². The third-order valence-electron chi connectivity index (χ3n) is 5.05. The average molecular weight is 339 g/mol. The molecule has 3 rings (SSSR count). The number of nitrogens with zero attached hydrogens (tertiary/aromatic N) is 1. The van der Waals surface area contributed by atoms with E-state index in [1.165, 1.54) is 5.56 Å². The van der Waals surface area contributed by atoms with Gasteiger partial charge in [-0.1, -0.05) is 42.8 Å². The van der Waals surface area contributed by atoms with E-state index in [-0.39, 0.29) is 6.04 Å². The van der Waals surface area contributed by atoms with E-state index < -0.39 is 12.0 Å². The number of rotatable bonds is 5. The fraction of sp³-hybridized carbons (Fsp3) is 0.381. The number of carboxylic acid groups (broad SMARTS) is 1. The maximum Gasteiger partial charge on any atom is 0.320 e. The highest BCUT2D eigenvalue weighted by Gasteiger charge is 2.35. The molecule has 0 radical (unpaired) electrons. The molecular weight excluding hydrogens is 314 g/mol. The number of methoxy groups -OCH3 is 1. The second kappa shape index (κ2) is 7.70. The van der Waals surface area contributed by atoms with Crippen molar-refractivity contribution in [1.82, 2.24) is 4.90 Å². The van der Waals surface area contributed by atoms with Gasteiger partial charge in [0.05, 0.1) is 13.2 Å². The zero-order valence-corrected chi connectivity index (χ0v) is 14.8. The quantitative estimate of drug-likeness (QED) is 0.893. The molecule has 0 saturated carbocycles. The molecule has 0 aromatic heterocycles. The van der Waals surface area contributed by atoms with Crippen LogP contribution in [0, 0.1) is 6.92 Å². The van der Waals surface area contributed by atoms with E-state index >= 15 is 0 Å². The number of hydrogen-bond donors (Lipinski definition) is 1. The number of carbonyl (C=O) groups is 1. The number of piperidine rings is 1. The van der Waals surface area contributed by atoms with Gasteiger partial charge in [-0.05, 0) is 55.1 Å². The fourth-order valence-corrected chi connectivity index (χ4v) is 3.78. The van der Waals surface area contributed by atoms with Gasteiger partial charge in [0.2, 0.25) is 0 Å². The summed E-state index contributed by atoms with van der Waals surface area (Å²) < 4.78 is 5.40. The van der Waals surface area contributed by atoms with E-state index in [4.69, 9.17) is 4.74 Å². The van der Waals surface area contributed by atoms with Crippen molar-refractivity contribution in [2.45, 2.75) is 38.3 Å². The fourth-order valence-electron chi connectivity index (χ4n) is 3.78. The van der Waals surface area contributed by atoms with Crippen LogP contribution in [0.4, 0.5) is 0 Å². The molecule has 1 N–H and O–H groups in total. The molecule has 1 saturated heterocycles. The van der Waals surface area contributed by atoms with Gasteiger partial charge >= 0.3 is 5.97 Å². The molecule has 4 heteroatoms. The lowest BCUT2D eigenvalue weighted by atomic mass is 9.89. The van der Waals surface area contributed by atoms with Crippen molar-refractivity contribution in [3.8, 4) is 5.75 Å². The largest absolute Gasteiger partial charge is 0.497 e. The number of likely N-dealkylation sites (tertiary alicyclic amines) is 1. The van der Waals surface area contributed by atoms with E-state index in [1.54, 1.807) is 7.11 Å². The van der Waals surface area contributed by atoms with Crippen molar-refractivity contribution < 1.29 is 14.6 Å². The first kappa shape index (κ1) is 17.5. The van der Waals surface area contributed by atoms with Crippen LogP contribution in [-0.4, -0.2) is 35.7 Å². The van der Waals surface area contributed by atoms with Gasteiger partial charge in [-0.2, -0.15) is 0 Å². The Morgan fingerprint density at radius 3 is 2.72 bits per heavy atom. The first-order valence-corrected chi connectivity index (χ1v) is 8.80. The lowest BCUT2D eigenvalue weighted by Gasteiger charge is -2.40. The molecule has 25 heavy (non-hydrogen) atoms. The molecule has 1 heterocycles. The van der Waals surface area contributed by atoms with Gasteiger partial charge in [-0.15, -0.1) is 0 Å². The standard InChI is InChI=1S/C21H25NO3/c1-15-8-3-4-11-18(15)20(16-9-7-10-17(14-16)25-2)22-13-6-5-12-19(22)21(23)24/h3-4,7-11,14,19-20H,5-6,12-13H2,1-2H3,(H,23,24). The van der Waals surface area contributed by atoms with E-state index in [2.05, 4.69) is 30.0 Å². The summed E-state index contributed by atoms with van der Waals surface area (Å²) in [4.78, 5) is 14.0. The maximum atomic E-state index is 11.9. The molecule has 1 aliphatic rings. The zero-order chi connectivity index (χ0) is 17.8. The summed E-state index contributed by atoms with van der Waals surface area (Å²) in [5, 5.41) is 9.76. The Labute approximate surface area is 149 Å². The van der Waals surface area contributed by atoms with Gasteiger partial charge in [0, 0.05) is 0 Å². The smallest absolute Gasteiger partial charge is 0.320 e. The van der Waals surface area contributed by atoms with E-state index in [0.29, 0.717) is 6.42 Å². The minimum atomic E-state index is -0.735. The molecule has 2 aromatic carbocycles. The molecule has 0 aliphatic carbocycles. The molecule has 0 spiro atoms. The van der Waals surface area contributed by atoms with Crippen LogP contribution >= 0.6 is 0 Å². The SMILES string of the molecule is COc1cccc(C(c2ccccc2C)N2CCCCC2C(=O)O)c1. The molecule has 4 nitrogen and oxygen atoms in total. The van der Waals surface area contributed by atoms with Gasteiger partial charge in [0.15, 0.2) is 0 Å². The van der Waals surface area contributed by atoms with Crippen LogP contribution in [0.2, 0.25) is 0 Å². The number of benzene rings is 2. The van der Waals surface area contributed by atoms with Gasteiger partial charge in [0.25, 0.3) is 0 Å². The first-order valence-electron chi connectivity index (χ1n) is 8.80. The minimum absolute atomic E-state index is 0.0855. The summed E-state index contributed by atoms with van der Waals surface area (Å²) in [6, 6.07) is 15.7. The highest BCUT2D eigenvalue weighted by atomic mass is 16.5. The van der Waals surface area contributed by atoms with Crippen LogP contribution in [0.25, 0.3) is 0 Å². The summed E-state index contributed by atoms with van der Waals surface area (Å²) >= 11 is 0. The van der Waals surface area contributed by atoms with Crippen LogP contribution < -0.4 is 4.74 Å². The first-order chi connectivity index (χ1) is 12.1. The summed E-state index contributed by atoms with van der Waals surface area (Å²) in [5.74, 6) is 0.0566. The van der Waals surface area contributed by atoms with Crippen molar-refractivity contribution in [3.05, 3.63) is 65.2 Å². The van der Waals surface area contributed by atoms with Crippen LogP contribution in [0.1, 0.15) is 42.0 Å². The molecule has 1 fully saturated rings. The van der Waals surface area contributed by atoms with Crippen LogP contribution in [0.5, 0.6) is 5.75 Å². The monoisotopic (exact) mass is 339 g/mol. The van der Waals surface area contributed by atoms with Gasteiger partial charge < -0.3 is 9.84 Å². The summed E-state index contributed by atoms with van der Waals surface area (Å²) in [6.07, 6.45) is 2.68. The molecule has 1 aliphatic heterocycles. The normalized spacial score (nSPS) is 19.4. The lowest BCUT2D eigenvalue weighted by Crippen LogP contribution is -2.47. The Morgan fingerprint density at radius 1 is 1.20 bits per heavy atom. The predicted octanol–water partition coefficient (Wildman–Crippen LogP) is 4.03. The number of hydrogen-bond acceptors (Lipinski definition) is 3. The minimum Gasteiger partial charge on any atom is -0.497 e. The Morgan fingerprint density at radius 2 is 2.00 bits per heavy atom. The maximum absolute atomic E-state index is 11.9. The molecule has 2 unspecified atom stereocenters. The molecule has 0 amide bonds. The number of aliphatic carboxylic acids is 1. The van der Waals surface area contributed by atoms with Gasteiger partial charge in [0.1, 0.15) is 11.8 Å². The second-order valence-electron chi connectivity index (χ2n) is 6.62. The Kier molecular flexibility index (Phi) is 5.39. The summed E-state index contributed by atoms with van der Waals surface area (Å²) in [6.45, 7) is 2.87. The molecule has 2 aromatic rings.